The predicted molar refractivity (Wildman–Crippen MR) is 337 cm³/mol. The van der Waals surface area contributed by atoms with Gasteiger partial charge in [-0.2, -0.15) is 0 Å². The van der Waals surface area contributed by atoms with E-state index in [1.807, 2.05) is 0 Å². The van der Waals surface area contributed by atoms with E-state index >= 15 is 0 Å². The smallest absolute Gasteiger partial charge is 0.256 e. The molecule has 4 aliphatic rings. The van der Waals surface area contributed by atoms with Crippen LogP contribution in [0.5, 0.6) is 23.0 Å². The van der Waals surface area contributed by atoms with E-state index in [1.165, 1.54) is 66.4 Å². The van der Waals surface area contributed by atoms with Crippen molar-refractivity contribution in [3.63, 3.8) is 0 Å². The van der Waals surface area contributed by atoms with E-state index in [2.05, 4.69) is 280 Å². The molecular formula is C74H58B2N2O2. The van der Waals surface area contributed by atoms with Crippen LogP contribution in [0.2, 0.25) is 0 Å². The Bertz CT molecular complexity index is 3910. The van der Waals surface area contributed by atoms with Gasteiger partial charge >= 0.3 is 0 Å². The zero-order chi connectivity index (χ0) is 53.6. The lowest BCUT2D eigenvalue weighted by molar-refractivity contribution is 0.477. The first-order chi connectivity index (χ1) is 39.4. The van der Waals surface area contributed by atoms with Crippen LogP contribution >= 0.6 is 0 Å². The van der Waals surface area contributed by atoms with E-state index in [0.717, 1.165) is 92.0 Å². The summed E-state index contributed by atoms with van der Waals surface area (Å²) >= 11 is 0. The molecule has 2 unspecified atom stereocenters. The summed E-state index contributed by atoms with van der Waals surface area (Å²) in [7, 11) is 0. The molecule has 0 aliphatic carbocycles. The second-order valence-corrected chi connectivity index (χ2v) is 22.2. The van der Waals surface area contributed by atoms with Crippen LogP contribution in [0.4, 0.5) is 34.1 Å². The van der Waals surface area contributed by atoms with Gasteiger partial charge in [-0.05, 0) is 151 Å². The van der Waals surface area contributed by atoms with Gasteiger partial charge in [0, 0.05) is 33.7 Å². The highest BCUT2D eigenvalue weighted by molar-refractivity contribution is 7.02. The van der Waals surface area contributed by atoms with E-state index in [9.17, 15) is 0 Å². The molecule has 11 aromatic rings. The van der Waals surface area contributed by atoms with E-state index in [1.54, 1.807) is 0 Å². The molecule has 4 heterocycles. The highest BCUT2D eigenvalue weighted by atomic mass is 16.5. The third kappa shape index (κ3) is 7.68. The topological polar surface area (TPSA) is 24.9 Å². The monoisotopic (exact) mass is 1030 g/mol. The van der Waals surface area contributed by atoms with Crippen LogP contribution < -0.4 is 52.1 Å². The minimum atomic E-state index is -0.215. The summed E-state index contributed by atoms with van der Waals surface area (Å²) < 4.78 is 15.7. The molecule has 0 amide bonds. The minimum Gasteiger partial charge on any atom is -0.456 e. The van der Waals surface area contributed by atoms with E-state index in [4.69, 9.17) is 9.47 Å². The largest absolute Gasteiger partial charge is 0.456 e. The van der Waals surface area contributed by atoms with Crippen molar-refractivity contribution in [3.05, 3.63) is 254 Å². The second kappa shape index (κ2) is 19.3. The average Bonchev–Trinajstić information content (AvgIpc) is 3.68. The highest BCUT2D eigenvalue weighted by Gasteiger charge is 2.52. The number of nitrogens with zero attached hydrogens (tertiary/aromatic N) is 2. The molecule has 11 aromatic carbocycles. The number of anilines is 6. The van der Waals surface area contributed by atoms with Gasteiger partial charge in [0.25, 0.3) is 13.4 Å². The summed E-state index contributed by atoms with van der Waals surface area (Å²) in [4.78, 5) is 5.00. The first-order valence-electron chi connectivity index (χ1n) is 28.6. The SMILES string of the molecule is CCC(C)c1ccc2c(c1)B1c3cc(-c4ccccc4)ccc3N(c3ccc(-c4ccccc4)cc3)c3c4c5c(c(c31)O2)N(c1ccc(-c2ccccc2)cc1)c1ccc(-c2ccccc2)cc1B5c1cc(C(C)CC)ccc1O4. The molecule has 0 radical (unpaired) electrons. The fraction of sp³-hybridized carbons (Fsp3) is 0.108. The molecule has 0 aromatic heterocycles. The summed E-state index contributed by atoms with van der Waals surface area (Å²) in [6.07, 6.45) is 2.06. The van der Waals surface area contributed by atoms with Crippen molar-refractivity contribution in [3.8, 4) is 67.5 Å². The van der Waals surface area contributed by atoms with Gasteiger partial charge in [0.05, 0.1) is 11.4 Å². The lowest BCUT2D eigenvalue weighted by Gasteiger charge is -2.47. The minimum absolute atomic E-state index is 0.215. The van der Waals surface area contributed by atoms with Crippen molar-refractivity contribution < 1.29 is 9.47 Å². The Morgan fingerprint density at radius 1 is 0.338 bits per heavy atom. The quantitative estimate of drug-likeness (QED) is 0.127. The highest BCUT2D eigenvalue weighted by Crippen LogP contribution is 2.54. The van der Waals surface area contributed by atoms with Crippen LogP contribution in [0, 0.1) is 0 Å². The van der Waals surface area contributed by atoms with Gasteiger partial charge in [-0.25, -0.2) is 0 Å². The number of hydrogen-bond donors (Lipinski definition) is 0. The fourth-order valence-electron chi connectivity index (χ4n) is 13.2. The van der Waals surface area contributed by atoms with Crippen LogP contribution in [-0.4, -0.2) is 13.4 Å². The molecular weight excluding hydrogens is 970 g/mol. The van der Waals surface area contributed by atoms with E-state index < -0.39 is 0 Å². The summed E-state index contributed by atoms with van der Waals surface area (Å²) in [6, 6.07) is 89.6. The Balaban J connectivity index is 1.08. The molecule has 80 heavy (non-hydrogen) atoms. The molecule has 0 N–H and O–H groups in total. The van der Waals surface area contributed by atoms with E-state index in [0.29, 0.717) is 11.8 Å². The van der Waals surface area contributed by atoms with Crippen molar-refractivity contribution in [1.29, 1.82) is 0 Å². The molecule has 0 bridgehead atoms. The molecule has 4 nitrogen and oxygen atoms in total. The van der Waals surface area contributed by atoms with Gasteiger partial charge in [0.1, 0.15) is 23.0 Å². The zero-order valence-electron chi connectivity index (χ0n) is 45.5. The van der Waals surface area contributed by atoms with E-state index in [-0.39, 0.29) is 13.4 Å². The van der Waals surface area contributed by atoms with Gasteiger partial charge in [-0.1, -0.05) is 222 Å². The molecule has 0 spiro atoms. The maximum Gasteiger partial charge on any atom is 0.256 e. The standard InChI is InChI=1S/C74H58B2N2O2/c1-5-47(3)55-33-41-67-63(43-55)75-61-45-57(51-23-15-9-16-24-51)31-39-65(61)77(59-35-27-53(28-36-59)49-19-11-7-12-20-49)71-69(75)73(79-67)72-70-74(71)80-68-42-34-56(48(4)6-2)44-64(68)76(70)62-46-58(52-25-17-10-18-26-52)32-40-66(62)78(72)60-37-29-54(30-38-60)50-21-13-8-14-22-50/h7-48H,5-6H2,1-4H3. The lowest BCUT2D eigenvalue weighted by atomic mass is 9.31. The summed E-state index contributed by atoms with van der Waals surface area (Å²) in [6.45, 7) is 8.82. The van der Waals surface area contributed by atoms with Gasteiger partial charge in [0.2, 0.25) is 0 Å². The Kier molecular flexibility index (Phi) is 11.6. The molecule has 15 rings (SSSR count). The zero-order valence-corrected chi connectivity index (χ0v) is 45.5. The Hall–Kier alpha value is -9.25. The molecule has 6 heteroatoms. The molecule has 0 fully saturated rings. The number of rotatable bonds is 10. The van der Waals surface area contributed by atoms with Crippen molar-refractivity contribution in [2.45, 2.75) is 52.4 Å². The van der Waals surface area contributed by atoms with Crippen LogP contribution in [0.3, 0.4) is 0 Å². The Morgan fingerprint density at radius 3 is 1.01 bits per heavy atom. The maximum atomic E-state index is 7.85. The number of fused-ring (bicyclic) bond motifs is 10. The summed E-state index contributed by atoms with van der Waals surface area (Å²) in [5.41, 5.74) is 25.3. The summed E-state index contributed by atoms with van der Waals surface area (Å²) in [5.74, 6) is 4.19. The number of hydrogen-bond acceptors (Lipinski definition) is 4. The third-order valence-corrected chi connectivity index (χ3v) is 17.8. The van der Waals surface area contributed by atoms with Gasteiger partial charge in [0.15, 0.2) is 0 Å². The van der Waals surface area contributed by atoms with Crippen LogP contribution in [0.15, 0.2) is 243 Å². The summed E-state index contributed by atoms with van der Waals surface area (Å²) in [5, 5.41) is 0. The first-order valence-corrected chi connectivity index (χ1v) is 28.6. The Labute approximate surface area is 470 Å². The van der Waals surface area contributed by atoms with Gasteiger partial charge in [-0.3, -0.25) is 0 Å². The molecule has 0 saturated carbocycles. The Morgan fingerprint density at radius 2 is 0.662 bits per heavy atom. The van der Waals surface area contributed by atoms with Crippen LogP contribution in [0.1, 0.15) is 63.5 Å². The maximum absolute atomic E-state index is 7.85. The van der Waals surface area contributed by atoms with Gasteiger partial charge in [-0.15, -0.1) is 0 Å². The van der Waals surface area contributed by atoms with Crippen molar-refractivity contribution in [2.24, 2.45) is 0 Å². The first kappa shape index (κ1) is 47.9. The molecule has 0 saturated heterocycles. The number of benzene rings is 11. The van der Waals surface area contributed by atoms with Crippen molar-refractivity contribution in [2.75, 3.05) is 9.80 Å². The van der Waals surface area contributed by atoms with Crippen LogP contribution in [-0.2, 0) is 0 Å². The predicted octanol–water partition coefficient (Wildman–Crippen LogP) is 16.2. The normalized spacial score (nSPS) is 13.8. The molecule has 4 aliphatic heterocycles. The van der Waals surface area contributed by atoms with Crippen LogP contribution in [0.25, 0.3) is 44.5 Å². The second-order valence-electron chi connectivity index (χ2n) is 22.2. The average molecular weight is 1030 g/mol. The molecule has 382 valence electrons. The number of ether oxygens (including phenoxy) is 2. The van der Waals surface area contributed by atoms with Gasteiger partial charge < -0.3 is 19.3 Å². The lowest BCUT2D eigenvalue weighted by Crippen LogP contribution is -2.64. The molecule has 2 atom stereocenters. The van der Waals surface area contributed by atoms with Crippen molar-refractivity contribution in [1.82, 2.24) is 0 Å². The van der Waals surface area contributed by atoms with Crippen molar-refractivity contribution >= 4 is 80.3 Å². The third-order valence-electron chi connectivity index (χ3n) is 17.8. The fourth-order valence-corrected chi connectivity index (χ4v) is 13.2.